The van der Waals surface area contributed by atoms with Crippen LogP contribution in [0.25, 0.3) is 0 Å². The molecule has 0 bridgehead atoms. The van der Waals surface area contributed by atoms with Crippen molar-refractivity contribution in [1.29, 1.82) is 0 Å². The molecule has 1 atom stereocenters. The molecule has 10 heteroatoms. The number of carbonyl (C=O) groups excluding carboxylic acids is 2. The quantitative estimate of drug-likeness (QED) is 0.409. The van der Waals surface area contributed by atoms with Gasteiger partial charge in [0.15, 0.2) is 0 Å². The van der Waals surface area contributed by atoms with Crippen molar-refractivity contribution in [3.8, 4) is 0 Å². The fourth-order valence-corrected chi connectivity index (χ4v) is 4.84. The number of hydrogen-bond acceptors (Lipinski definition) is 3. The Morgan fingerprint density at radius 3 is 2.39 bits per heavy atom. The summed E-state index contributed by atoms with van der Waals surface area (Å²) in [5, 5.41) is 2.92. The summed E-state index contributed by atoms with van der Waals surface area (Å²) >= 11 is 13.2. The fraction of sp³-hybridized carbons (Fsp3) is 0.130. The lowest BCUT2D eigenvalue weighted by Gasteiger charge is -2.25. The zero-order chi connectivity index (χ0) is 23.8. The molecule has 0 aliphatic carbocycles. The number of hydrogen-bond donors (Lipinski definition) is 1. The molecule has 0 radical (unpaired) electrons. The van der Waals surface area contributed by atoms with Crippen LogP contribution < -0.4 is 10.2 Å². The maximum atomic E-state index is 12.9. The number of thioether (sulfide) groups is 1. The van der Waals surface area contributed by atoms with E-state index in [1.807, 2.05) is 0 Å². The topological polar surface area (TPSA) is 49.4 Å². The van der Waals surface area contributed by atoms with Crippen molar-refractivity contribution in [2.45, 2.75) is 11.6 Å². The van der Waals surface area contributed by atoms with Gasteiger partial charge in [0.05, 0.1) is 21.4 Å². The third-order valence-corrected chi connectivity index (χ3v) is 6.90. The van der Waals surface area contributed by atoms with Gasteiger partial charge in [-0.05, 0) is 60.2 Å². The summed E-state index contributed by atoms with van der Waals surface area (Å²) in [4.78, 5) is 26.6. The number of amides is 2. The molecule has 0 spiro atoms. The van der Waals surface area contributed by atoms with Crippen LogP contribution in [0.15, 0.2) is 66.7 Å². The predicted molar refractivity (Wildman–Crippen MR) is 125 cm³/mol. The van der Waals surface area contributed by atoms with E-state index >= 15 is 0 Å². The molecule has 170 valence electrons. The van der Waals surface area contributed by atoms with E-state index in [-0.39, 0.29) is 22.6 Å². The lowest BCUT2D eigenvalue weighted by molar-refractivity contribution is -0.137. The van der Waals surface area contributed by atoms with Gasteiger partial charge in [0.25, 0.3) is 5.91 Å². The summed E-state index contributed by atoms with van der Waals surface area (Å²) in [5.74, 6) is -0.415. The van der Waals surface area contributed by atoms with Crippen molar-refractivity contribution in [3.63, 3.8) is 0 Å². The number of rotatable bonds is 4. The van der Waals surface area contributed by atoms with Crippen molar-refractivity contribution in [3.05, 3.63) is 93.5 Å². The molecule has 3 aromatic carbocycles. The Morgan fingerprint density at radius 1 is 1.00 bits per heavy atom. The standard InChI is InChI=1S/C23H15Cl2F3N2O2S/c24-18-9-4-13(11-19(18)25)21(32)29-16-3-1-2-14(10-16)22-30(20(31)12-33-22)17-7-5-15(6-8-17)23(26,27)28/h1-11,22H,12H2,(H,29,32)/t22-/m1/s1. The van der Waals surface area contributed by atoms with E-state index in [1.165, 1.54) is 40.9 Å². The molecule has 1 N–H and O–H groups in total. The summed E-state index contributed by atoms with van der Waals surface area (Å²) in [6.45, 7) is 0. The molecule has 2 amide bonds. The Hall–Kier alpha value is -2.68. The average Bonchev–Trinajstić information content (AvgIpc) is 3.16. The summed E-state index contributed by atoms with van der Waals surface area (Å²) in [5.41, 5.74) is 1.13. The molecular formula is C23H15Cl2F3N2O2S. The van der Waals surface area contributed by atoms with E-state index in [1.54, 1.807) is 30.3 Å². The largest absolute Gasteiger partial charge is 0.416 e. The summed E-state index contributed by atoms with van der Waals surface area (Å²) in [6.07, 6.45) is -4.46. The Labute approximate surface area is 201 Å². The maximum absolute atomic E-state index is 12.9. The van der Waals surface area contributed by atoms with Crippen LogP contribution >= 0.6 is 35.0 Å². The Bertz CT molecular complexity index is 1220. The van der Waals surface area contributed by atoms with Gasteiger partial charge in [-0.25, -0.2) is 0 Å². The van der Waals surface area contributed by atoms with Crippen LogP contribution in [0.5, 0.6) is 0 Å². The maximum Gasteiger partial charge on any atom is 0.416 e. The van der Waals surface area contributed by atoms with E-state index in [4.69, 9.17) is 23.2 Å². The monoisotopic (exact) mass is 510 g/mol. The van der Waals surface area contributed by atoms with Gasteiger partial charge in [0.1, 0.15) is 5.37 Å². The van der Waals surface area contributed by atoms with E-state index in [0.29, 0.717) is 22.0 Å². The second-order valence-corrected chi connectivity index (χ2v) is 9.06. The average molecular weight is 511 g/mol. The van der Waals surface area contributed by atoms with Gasteiger partial charge in [-0.15, -0.1) is 11.8 Å². The van der Waals surface area contributed by atoms with Crippen LogP contribution in [-0.4, -0.2) is 17.6 Å². The number of alkyl halides is 3. The minimum Gasteiger partial charge on any atom is -0.322 e. The summed E-state index contributed by atoms with van der Waals surface area (Å²) in [6, 6.07) is 16.0. The highest BCUT2D eigenvalue weighted by Crippen LogP contribution is 2.43. The third kappa shape index (κ3) is 5.13. The SMILES string of the molecule is O=C(Nc1cccc([C@H]2SCC(=O)N2c2ccc(C(F)(F)F)cc2)c1)c1ccc(Cl)c(Cl)c1. The van der Waals surface area contributed by atoms with E-state index < -0.39 is 17.1 Å². The molecule has 33 heavy (non-hydrogen) atoms. The van der Waals surface area contributed by atoms with Crippen LogP contribution in [0.4, 0.5) is 24.5 Å². The van der Waals surface area contributed by atoms with Crippen molar-refractivity contribution in [2.24, 2.45) is 0 Å². The number of nitrogens with one attached hydrogen (secondary N) is 1. The number of benzene rings is 3. The molecule has 1 fully saturated rings. The Kier molecular flexibility index (Phi) is 6.61. The minimum absolute atomic E-state index is 0.186. The van der Waals surface area contributed by atoms with Crippen molar-refractivity contribution in [1.82, 2.24) is 0 Å². The van der Waals surface area contributed by atoms with Crippen LogP contribution in [0.2, 0.25) is 10.0 Å². The van der Waals surface area contributed by atoms with Gasteiger partial charge in [-0.3, -0.25) is 14.5 Å². The van der Waals surface area contributed by atoms with E-state index in [9.17, 15) is 22.8 Å². The molecule has 1 saturated heterocycles. The second kappa shape index (κ2) is 9.29. The van der Waals surface area contributed by atoms with E-state index in [2.05, 4.69) is 5.32 Å². The van der Waals surface area contributed by atoms with Crippen LogP contribution in [-0.2, 0) is 11.0 Å². The Balaban J connectivity index is 1.57. The number of carbonyl (C=O) groups is 2. The highest BCUT2D eigenvalue weighted by molar-refractivity contribution is 8.00. The third-order valence-electron chi connectivity index (χ3n) is 4.95. The molecule has 4 rings (SSSR count). The molecule has 1 aliphatic heterocycles. The number of anilines is 2. The van der Waals surface area contributed by atoms with Gasteiger partial charge in [0, 0.05) is 16.9 Å². The summed E-state index contributed by atoms with van der Waals surface area (Å²) in [7, 11) is 0. The molecule has 4 nitrogen and oxygen atoms in total. The van der Waals surface area contributed by atoms with Crippen LogP contribution in [0.1, 0.15) is 26.9 Å². The molecule has 0 saturated carbocycles. The molecule has 0 aromatic heterocycles. The summed E-state index contributed by atoms with van der Waals surface area (Å²) < 4.78 is 38.7. The first kappa shape index (κ1) is 23.5. The van der Waals surface area contributed by atoms with Gasteiger partial charge < -0.3 is 5.32 Å². The first-order chi connectivity index (χ1) is 15.6. The molecule has 1 aliphatic rings. The first-order valence-corrected chi connectivity index (χ1v) is 11.4. The fourth-order valence-electron chi connectivity index (χ4n) is 3.37. The smallest absolute Gasteiger partial charge is 0.322 e. The second-order valence-electron chi connectivity index (χ2n) is 7.18. The minimum atomic E-state index is -4.46. The predicted octanol–water partition coefficient (Wildman–Crippen LogP) is 7.04. The zero-order valence-electron chi connectivity index (χ0n) is 16.7. The highest BCUT2D eigenvalue weighted by atomic mass is 35.5. The van der Waals surface area contributed by atoms with Crippen molar-refractivity contribution in [2.75, 3.05) is 16.0 Å². The van der Waals surface area contributed by atoms with Gasteiger partial charge in [-0.2, -0.15) is 13.2 Å². The zero-order valence-corrected chi connectivity index (χ0v) is 19.0. The Morgan fingerprint density at radius 2 is 1.73 bits per heavy atom. The van der Waals surface area contributed by atoms with Crippen LogP contribution in [0.3, 0.4) is 0 Å². The lowest BCUT2D eigenvalue weighted by atomic mass is 10.1. The van der Waals surface area contributed by atoms with Crippen molar-refractivity contribution >= 4 is 58.2 Å². The van der Waals surface area contributed by atoms with Crippen molar-refractivity contribution < 1.29 is 22.8 Å². The van der Waals surface area contributed by atoms with Gasteiger partial charge in [-0.1, -0.05) is 35.3 Å². The molecular weight excluding hydrogens is 496 g/mol. The molecule has 3 aromatic rings. The normalized spacial score (nSPS) is 16.2. The number of nitrogens with zero attached hydrogens (tertiary/aromatic N) is 1. The van der Waals surface area contributed by atoms with Crippen LogP contribution in [0, 0.1) is 0 Å². The molecule has 0 unspecified atom stereocenters. The lowest BCUT2D eigenvalue weighted by Crippen LogP contribution is -2.28. The molecule has 1 heterocycles. The number of halogens is 5. The van der Waals surface area contributed by atoms with E-state index in [0.717, 1.165) is 17.7 Å². The highest BCUT2D eigenvalue weighted by Gasteiger charge is 2.35. The van der Waals surface area contributed by atoms with Gasteiger partial charge in [0.2, 0.25) is 5.91 Å². The first-order valence-electron chi connectivity index (χ1n) is 9.61. The van der Waals surface area contributed by atoms with Gasteiger partial charge >= 0.3 is 6.18 Å².